The molecule has 0 amide bonds. The standard InChI is InChI=1S/C10H21N3O/c1-12-7-10(8-12)11-9-3-5-13(14-2)6-4-9/h9-11H,3-8H2,1-2H3. The molecule has 2 heterocycles. The van der Waals surface area contributed by atoms with Crippen LogP contribution in [0.3, 0.4) is 0 Å². The van der Waals surface area contributed by atoms with E-state index >= 15 is 0 Å². The highest BCUT2D eigenvalue weighted by molar-refractivity contribution is 4.87. The van der Waals surface area contributed by atoms with E-state index < -0.39 is 0 Å². The highest BCUT2D eigenvalue weighted by Crippen LogP contribution is 2.13. The largest absolute Gasteiger partial charge is 0.309 e. The molecule has 0 radical (unpaired) electrons. The summed E-state index contributed by atoms with van der Waals surface area (Å²) >= 11 is 0. The summed E-state index contributed by atoms with van der Waals surface area (Å²) in [5.41, 5.74) is 0. The molecule has 0 saturated carbocycles. The summed E-state index contributed by atoms with van der Waals surface area (Å²) in [6.45, 7) is 4.56. The third-order valence-electron chi connectivity index (χ3n) is 3.25. The normalized spacial score (nSPS) is 27.9. The van der Waals surface area contributed by atoms with Gasteiger partial charge in [0.1, 0.15) is 0 Å². The summed E-state index contributed by atoms with van der Waals surface area (Å²) in [6, 6.07) is 1.44. The predicted octanol–water partition coefficient (Wildman–Crippen LogP) is -0.0842. The highest BCUT2D eigenvalue weighted by Gasteiger charge is 2.27. The lowest BCUT2D eigenvalue weighted by Crippen LogP contribution is -2.59. The fraction of sp³-hybridized carbons (Fsp3) is 1.00. The number of likely N-dealkylation sites (N-methyl/N-ethyl adjacent to an activating group) is 1. The Hall–Kier alpha value is -0.160. The van der Waals surface area contributed by atoms with Gasteiger partial charge in [0.25, 0.3) is 0 Å². The van der Waals surface area contributed by atoms with Gasteiger partial charge >= 0.3 is 0 Å². The summed E-state index contributed by atoms with van der Waals surface area (Å²) in [5, 5.41) is 5.75. The molecule has 0 atom stereocenters. The molecule has 2 rings (SSSR count). The Labute approximate surface area is 86.1 Å². The first kappa shape index (κ1) is 10.4. The molecule has 2 aliphatic heterocycles. The Morgan fingerprint density at radius 1 is 1.14 bits per heavy atom. The van der Waals surface area contributed by atoms with Crippen LogP contribution < -0.4 is 5.32 Å². The molecule has 0 aromatic rings. The van der Waals surface area contributed by atoms with Gasteiger partial charge < -0.3 is 15.1 Å². The quantitative estimate of drug-likeness (QED) is 0.688. The predicted molar refractivity (Wildman–Crippen MR) is 56.0 cm³/mol. The summed E-state index contributed by atoms with van der Waals surface area (Å²) in [4.78, 5) is 7.55. The Bertz CT molecular complexity index is 174. The van der Waals surface area contributed by atoms with Gasteiger partial charge in [0.15, 0.2) is 0 Å². The average molecular weight is 199 g/mol. The van der Waals surface area contributed by atoms with E-state index in [0.717, 1.165) is 19.1 Å². The van der Waals surface area contributed by atoms with Crippen LogP contribution in [0.15, 0.2) is 0 Å². The minimum absolute atomic E-state index is 0.708. The SMILES string of the molecule is CON1CCC(NC2CN(C)C2)CC1. The maximum atomic E-state index is 5.20. The lowest BCUT2D eigenvalue weighted by molar-refractivity contribution is -0.145. The molecular formula is C10H21N3O. The van der Waals surface area contributed by atoms with Crippen molar-refractivity contribution in [2.45, 2.75) is 24.9 Å². The molecule has 0 aliphatic carbocycles. The zero-order valence-electron chi connectivity index (χ0n) is 9.20. The number of rotatable bonds is 3. The van der Waals surface area contributed by atoms with E-state index in [1.165, 1.54) is 25.9 Å². The zero-order chi connectivity index (χ0) is 9.97. The van der Waals surface area contributed by atoms with Crippen LogP contribution >= 0.6 is 0 Å². The fourth-order valence-corrected chi connectivity index (χ4v) is 2.34. The van der Waals surface area contributed by atoms with Crippen molar-refractivity contribution in [1.29, 1.82) is 0 Å². The van der Waals surface area contributed by atoms with Gasteiger partial charge in [-0.05, 0) is 19.9 Å². The van der Waals surface area contributed by atoms with Crippen molar-refractivity contribution < 1.29 is 4.84 Å². The Morgan fingerprint density at radius 3 is 2.29 bits per heavy atom. The molecule has 0 bridgehead atoms. The lowest BCUT2D eigenvalue weighted by Gasteiger charge is -2.41. The van der Waals surface area contributed by atoms with Gasteiger partial charge in [-0.3, -0.25) is 0 Å². The maximum Gasteiger partial charge on any atom is 0.0575 e. The van der Waals surface area contributed by atoms with E-state index in [1.807, 2.05) is 5.06 Å². The van der Waals surface area contributed by atoms with Gasteiger partial charge in [-0.25, -0.2) is 0 Å². The van der Waals surface area contributed by atoms with E-state index in [0.29, 0.717) is 6.04 Å². The average Bonchev–Trinajstić information content (AvgIpc) is 2.17. The summed E-state index contributed by atoms with van der Waals surface area (Å²) < 4.78 is 0. The number of nitrogens with zero attached hydrogens (tertiary/aromatic N) is 2. The number of hydrogen-bond donors (Lipinski definition) is 1. The third-order valence-corrected chi connectivity index (χ3v) is 3.25. The van der Waals surface area contributed by atoms with E-state index in [4.69, 9.17) is 4.84 Å². The Balaban J connectivity index is 1.64. The number of piperidine rings is 1. The van der Waals surface area contributed by atoms with E-state index in [1.54, 1.807) is 7.11 Å². The van der Waals surface area contributed by atoms with Crippen LogP contribution in [0, 0.1) is 0 Å². The van der Waals surface area contributed by atoms with Crippen molar-refractivity contribution in [1.82, 2.24) is 15.3 Å². The summed E-state index contributed by atoms with van der Waals surface area (Å²) in [7, 11) is 3.93. The van der Waals surface area contributed by atoms with Crippen LogP contribution in [-0.4, -0.2) is 62.4 Å². The highest BCUT2D eigenvalue weighted by atomic mass is 16.7. The van der Waals surface area contributed by atoms with Crippen molar-refractivity contribution >= 4 is 0 Å². The van der Waals surface area contributed by atoms with Gasteiger partial charge in [0.05, 0.1) is 7.11 Å². The Morgan fingerprint density at radius 2 is 1.79 bits per heavy atom. The van der Waals surface area contributed by atoms with Crippen molar-refractivity contribution in [2.75, 3.05) is 40.3 Å². The number of nitrogens with one attached hydrogen (secondary N) is 1. The first-order valence-electron chi connectivity index (χ1n) is 5.51. The maximum absolute atomic E-state index is 5.20. The molecule has 14 heavy (non-hydrogen) atoms. The number of hydroxylamine groups is 2. The zero-order valence-corrected chi connectivity index (χ0v) is 9.20. The van der Waals surface area contributed by atoms with E-state index in [9.17, 15) is 0 Å². The summed E-state index contributed by atoms with van der Waals surface area (Å²) in [5.74, 6) is 0. The number of hydrogen-bond acceptors (Lipinski definition) is 4. The third kappa shape index (κ3) is 2.45. The molecule has 2 fully saturated rings. The van der Waals surface area contributed by atoms with Crippen LogP contribution in [0.25, 0.3) is 0 Å². The van der Waals surface area contributed by atoms with Gasteiger partial charge in [-0.1, -0.05) is 0 Å². The van der Waals surface area contributed by atoms with Crippen molar-refractivity contribution in [2.24, 2.45) is 0 Å². The first-order chi connectivity index (χ1) is 6.78. The monoisotopic (exact) mass is 199 g/mol. The molecule has 0 aromatic heterocycles. The molecule has 4 heteroatoms. The van der Waals surface area contributed by atoms with Crippen molar-refractivity contribution in [3.8, 4) is 0 Å². The Kier molecular flexibility index (Phi) is 3.38. The smallest absolute Gasteiger partial charge is 0.0575 e. The second kappa shape index (κ2) is 4.57. The van der Waals surface area contributed by atoms with Crippen LogP contribution in [0.4, 0.5) is 0 Å². The second-order valence-corrected chi connectivity index (χ2v) is 4.47. The van der Waals surface area contributed by atoms with Gasteiger partial charge in [-0.15, -0.1) is 0 Å². The topological polar surface area (TPSA) is 27.7 Å². The van der Waals surface area contributed by atoms with Crippen LogP contribution in [0.2, 0.25) is 0 Å². The molecule has 1 N–H and O–H groups in total. The minimum Gasteiger partial charge on any atom is -0.309 e. The van der Waals surface area contributed by atoms with Crippen molar-refractivity contribution in [3.05, 3.63) is 0 Å². The molecule has 4 nitrogen and oxygen atoms in total. The molecular weight excluding hydrogens is 178 g/mol. The van der Waals surface area contributed by atoms with Crippen LogP contribution in [0.5, 0.6) is 0 Å². The van der Waals surface area contributed by atoms with Crippen LogP contribution in [-0.2, 0) is 4.84 Å². The fourth-order valence-electron chi connectivity index (χ4n) is 2.34. The second-order valence-electron chi connectivity index (χ2n) is 4.47. The molecule has 2 aliphatic rings. The van der Waals surface area contributed by atoms with Gasteiger partial charge in [0.2, 0.25) is 0 Å². The molecule has 82 valence electrons. The van der Waals surface area contributed by atoms with Crippen molar-refractivity contribution in [3.63, 3.8) is 0 Å². The molecule has 2 saturated heterocycles. The molecule has 0 aromatic carbocycles. The molecule has 0 unspecified atom stereocenters. The molecule has 0 spiro atoms. The number of likely N-dealkylation sites (tertiary alicyclic amines) is 1. The first-order valence-corrected chi connectivity index (χ1v) is 5.51. The van der Waals surface area contributed by atoms with Gasteiger partial charge in [-0.2, -0.15) is 5.06 Å². The minimum atomic E-state index is 0.708. The lowest BCUT2D eigenvalue weighted by atomic mass is 10.0. The van der Waals surface area contributed by atoms with E-state index in [-0.39, 0.29) is 0 Å². The van der Waals surface area contributed by atoms with E-state index in [2.05, 4.69) is 17.3 Å². The van der Waals surface area contributed by atoms with Crippen LogP contribution in [0.1, 0.15) is 12.8 Å². The summed E-state index contributed by atoms with van der Waals surface area (Å²) in [6.07, 6.45) is 2.43. The van der Waals surface area contributed by atoms with Gasteiger partial charge in [0, 0.05) is 38.3 Å².